The number of hydrogen-bond acceptors (Lipinski definition) is 3. The number of aryl methyl sites for hydroxylation is 1. The maximum absolute atomic E-state index is 12.1. The Hall–Kier alpha value is -1.44. The first-order valence-corrected chi connectivity index (χ1v) is 8.42. The van der Waals surface area contributed by atoms with Gasteiger partial charge < -0.3 is 10.4 Å². The van der Waals surface area contributed by atoms with Crippen LogP contribution < -0.4 is 5.32 Å². The van der Waals surface area contributed by atoms with Crippen molar-refractivity contribution in [3.63, 3.8) is 0 Å². The Morgan fingerprint density at radius 1 is 1.43 bits per heavy atom. The highest BCUT2D eigenvalue weighted by Crippen LogP contribution is 2.25. The summed E-state index contributed by atoms with van der Waals surface area (Å²) in [6.07, 6.45) is 2.91. The largest absolute Gasteiger partial charge is 0.384 e. The van der Waals surface area contributed by atoms with Gasteiger partial charge in [-0.25, -0.2) is 0 Å². The van der Waals surface area contributed by atoms with E-state index < -0.39 is 0 Å². The van der Waals surface area contributed by atoms with Crippen LogP contribution in [-0.4, -0.2) is 29.1 Å². The molecule has 3 nitrogen and oxygen atoms in total. The quantitative estimate of drug-likeness (QED) is 0.844. The molecule has 0 radical (unpaired) electrons. The van der Waals surface area contributed by atoms with Gasteiger partial charge >= 0.3 is 0 Å². The number of carbonyl (C=O) groups is 1. The Labute approximate surface area is 130 Å². The first kappa shape index (κ1) is 15.9. The van der Waals surface area contributed by atoms with E-state index in [4.69, 9.17) is 5.11 Å². The molecule has 1 heterocycles. The first-order chi connectivity index (χ1) is 10.2. The Morgan fingerprint density at radius 3 is 2.86 bits per heavy atom. The fourth-order valence-electron chi connectivity index (χ4n) is 2.44. The average molecular weight is 303 g/mol. The predicted octanol–water partition coefficient (Wildman–Crippen LogP) is 2.81. The molecule has 0 saturated carbocycles. The summed E-state index contributed by atoms with van der Waals surface area (Å²) >= 11 is 1.98. The van der Waals surface area contributed by atoms with Crippen molar-refractivity contribution in [1.82, 2.24) is 0 Å². The van der Waals surface area contributed by atoms with Crippen molar-refractivity contribution < 1.29 is 9.90 Å². The van der Waals surface area contributed by atoms with Gasteiger partial charge in [0, 0.05) is 17.7 Å². The van der Waals surface area contributed by atoms with Crippen LogP contribution in [0.5, 0.6) is 0 Å². The highest BCUT2D eigenvalue weighted by molar-refractivity contribution is 7.99. The second-order valence-corrected chi connectivity index (χ2v) is 6.52. The van der Waals surface area contributed by atoms with Crippen LogP contribution in [0.3, 0.4) is 0 Å². The van der Waals surface area contributed by atoms with Gasteiger partial charge in [0.2, 0.25) is 5.91 Å². The number of rotatable bonds is 3. The molecule has 4 heteroatoms. The molecule has 1 saturated heterocycles. The molecule has 0 atom stereocenters. The highest BCUT2D eigenvalue weighted by Gasteiger charge is 2.17. The number of amides is 1. The zero-order valence-corrected chi connectivity index (χ0v) is 13.1. The molecule has 1 aliphatic rings. The number of carbonyl (C=O) groups excluding carboxylic acids is 1. The van der Waals surface area contributed by atoms with Crippen LogP contribution in [-0.2, 0) is 4.79 Å². The molecule has 2 N–H and O–H groups in total. The van der Waals surface area contributed by atoms with Gasteiger partial charge in [-0.15, -0.1) is 0 Å². The van der Waals surface area contributed by atoms with E-state index in [-0.39, 0.29) is 12.5 Å². The van der Waals surface area contributed by atoms with Crippen molar-refractivity contribution in [2.75, 3.05) is 23.4 Å². The monoisotopic (exact) mass is 303 g/mol. The number of aliphatic hydroxyl groups is 1. The van der Waals surface area contributed by atoms with Crippen molar-refractivity contribution in [3.8, 4) is 11.8 Å². The molecule has 1 amide bonds. The lowest BCUT2D eigenvalue weighted by atomic mass is 9.98. The lowest BCUT2D eigenvalue weighted by Crippen LogP contribution is -2.19. The highest BCUT2D eigenvalue weighted by atomic mass is 32.2. The minimum atomic E-state index is -0.141. The van der Waals surface area contributed by atoms with Gasteiger partial charge in [-0.1, -0.05) is 11.8 Å². The molecule has 21 heavy (non-hydrogen) atoms. The van der Waals surface area contributed by atoms with Gasteiger partial charge in [0.15, 0.2) is 0 Å². The predicted molar refractivity (Wildman–Crippen MR) is 88.4 cm³/mol. The van der Waals surface area contributed by atoms with Gasteiger partial charge in [0.1, 0.15) is 6.61 Å². The van der Waals surface area contributed by atoms with Gasteiger partial charge in [-0.3, -0.25) is 4.79 Å². The molecule has 0 unspecified atom stereocenters. The fourth-order valence-corrected chi connectivity index (χ4v) is 3.65. The van der Waals surface area contributed by atoms with Crippen LogP contribution in [0.15, 0.2) is 18.2 Å². The number of hydrogen-bond donors (Lipinski definition) is 2. The maximum atomic E-state index is 12.1. The third-order valence-electron chi connectivity index (χ3n) is 3.63. The Balaban J connectivity index is 1.92. The lowest BCUT2D eigenvalue weighted by molar-refractivity contribution is -0.117. The second kappa shape index (κ2) is 8.11. The smallest absolute Gasteiger partial charge is 0.224 e. The second-order valence-electron chi connectivity index (χ2n) is 5.30. The molecule has 2 rings (SSSR count). The van der Waals surface area contributed by atoms with Crippen molar-refractivity contribution in [3.05, 3.63) is 29.3 Å². The molecular formula is C17H21NO2S. The summed E-state index contributed by atoms with van der Waals surface area (Å²) in [7, 11) is 0. The van der Waals surface area contributed by atoms with Crippen molar-refractivity contribution >= 4 is 23.4 Å². The first-order valence-electron chi connectivity index (χ1n) is 7.27. The summed E-state index contributed by atoms with van der Waals surface area (Å²) in [6, 6.07) is 5.67. The number of aliphatic hydroxyl groups excluding tert-OH is 1. The number of nitrogens with one attached hydrogen (secondary N) is 1. The molecule has 112 valence electrons. The van der Waals surface area contributed by atoms with Crippen LogP contribution in [0.1, 0.15) is 30.4 Å². The van der Waals surface area contributed by atoms with E-state index in [2.05, 4.69) is 17.2 Å². The van der Waals surface area contributed by atoms with E-state index in [9.17, 15) is 4.79 Å². The van der Waals surface area contributed by atoms with Crippen LogP contribution in [0.4, 0.5) is 5.69 Å². The Morgan fingerprint density at radius 2 is 2.19 bits per heavy atom. The van der Waals surface area contributed by atoms with E-state index in [0.717, 1.165) is 29.7 Å². The average Bonchev–Trinajstić information content (AvgIpc) is 2.47. The standard InChI is InChI=1S/C17H21NO2S/c1-13-11-16(5-4-15(13)3-2-8-19)18-17(20)12-14-6-9-21-10-7-14/h4-5,11,14,19H,6-10,12H2,1H3,(H,18,20). The third kappa shape index (κ3) is 5.11. The van der Waals surface area contributed by atoms with Gasteiger partial charge in [-0.05, 0) is 61.0 Å². The summed E-state index contributed by atoms with van der Waals surface area (Å²) in [4.78, 5) is 12.1. The zero-order chi connectivity index (χ0) is 15.1. The van der Waals surface area contributed by atoms with Crippen molar-refractivity contribution in [2.24, 2.45) is 5.92 Å². The van der Waals surface area contributed by atoms with Crippen molar-refractivity contribution in [2.45, 2.75) is 26.2 Å². The molecule has 1 aliphatic heterocycles. The summed E-state index contributed by atoms with van der Waals surface area (Å²) in [6.45, 7) is 1.81. The summed E-state index contributed by atoms with van der Waals surface area (Å²) < 4.78 is 0. The maximum Gasteiger partial charge on any atom is 0.224 e. The van der Waals surface area contributed by atoms with Crippen LogP contribution in [0, 0.1) is 24.7 Å². The van der Waals surface area contributed by atoms with Crippen LogP contribution in [0.2, 0.25) is 0 Å². The lowest BCUT2D eigenvalue weighted by Gasteiger charge is -2.20. The molecule has 1 aromatic rings. The van der Waals surface area contributed by atoms with Crippen LogP contribution >= 0.6 is 11.8 Å². The molecule has 1 fully saturated rings. The van der Waals surface area contributed by atoms with Gasteiger partial charge in [-0.2, -0.15) is 11.8 Å². The molecular weight excluding hydrogens is 282 g/mol. The van der Waals surface area contributed by atoms with E-state index in [1.807, 2.05) is 36.9 Å². The van der Waals surface area contributed by atoms with E-state index in [0.29, 0.717) is 12.3 Å². The normalized spacial score (nSPS) is 15.1. The minimum absolute atomic E-state index is 0.0977. The topological polar surface area (TPSA) is 49.3 Å². The van der Waals surface area contributed by atoms with Crippen LogP contribution in [0.25, 0.3) is 0 Å². The number of thioether (sulfide) groups is 1. The molecule has 0 aromatic heterocycles. The zero-order valence-electron chi connectivity index (χ0n) is 12.3. The molecule has 1 aromatic carbocycles. The number of benzene rings is 1. The van der Waals surface area contributed by atoms with Gasteiger partial charge in [0.25, 0.3) is 0 Å². The summed E-state index contributed by atoms with van der Waals surface area (Å²) in [5.41, 5.74) is 2.70. The van der Waals surface area contributed by atoms with E-state index in [1.54, 1.807) is 0 Å². The van der Waals surface area contributed by atoms with Gasteiger partial charge in [0.05, 0.1) is 0 Å². The molecule has 0 aliphatic carbocycles. The summed E-state index contributed by atoms with van der Waals surface area (Å²) in [5, 5.41) is 11.7. The van der Waals surface area contributed by atoms with E-state index >= 15 is 0 Å². The molecule has 0 bridgehead atoms. The fraction of sp³-hybridized carbons (Fsp3) is 0.471. The minimum Gasteiger partial charge on any atom is -0.384 e. The van der Waals surface area contributed by atoms with Crippen molar-refractivity contribution in [1.29, 1.82) is 0 Å². The SMILES string of the molecule is Cc1cc(NC(=O)CC2CCSCC2)ccc1C#CCO. The Bertz CT molecular complexity index is 554. The number of anilines is 1. The summed E-state index contributed by atoms with van der Waals surface area (Å²) in [5.74, 6) is 8.51. The van der Waals surface area contributed by atoms with E-state index in [1.165, 1.54) is 11.5 Å². The Kier molecular flexibility index (Phi) is 6.16. The molecule has 0 spiro atoms. The third-order valence-corrected chi connectivity index (χ3v) is 4.68.